The van der Waals surface area contributed by atoms with Crippen molar-refractivity contribution in [1.82, 2.24) is 15.1 Å². The second-order valence-electron chi connectivity index (χ2n) is 6.21. The maximum Gasteiger partial charge on any atom is 0.224 e. The molecule has 0 aliphatic carbocycles. The first-order chi connectivity index (χ1) is 11.4. The van der Waals surface area contributed by atoms with Crippen molar-refractivity contribution >= 4 is 15.7 Å². The molecule has 1 aromatic heterocycles. The van der Waals surface area contributed by atoms with E-state index in [0.717, 1.165) is 22.6 Å². The lowest BCUT2D eigenvalue weighted by atomic mass is 10.1. The van der Waals surface area contributed by atoms with Crippen LogP contribution in [-0.4, -0.2) is 35.6 Å². The summed E-state index contributed by atoms with van der Waals surface area (Å²) >= 11 is 0. The second-order valence-corrected chi connectivity index (χ2v) is 8.44. The van der Waals surface area contributed by atoms with E-state index in [9.17, 15) is 13.2 Å². The molecule has 0 saturated carbocycles. The molecule has 24 heavy (non-hydrogen) atoms. The molecule has 1 N–H and O–H groups in total. The maximum atomic E-state index is 12.2. The number of nitrogens with zero attached hydrogens (tertiary/aromatic N) is 2. The van der Waals surface area contributed by atoms with Crippen molar-refractivity contribution in [3.63, 3.8) is 0 Å². The minimum absolute atomic E-state index is 0.0416. The quantitative estimate of drug-likeness (QED) is 0.910. The summed E-state index contributed by atoms with van der Waals surface area (Å²) in [4.78, 5) is 12.2. The molecular weight excluding hydrogens is 326 g/mol. The summed E-state index contributed by atoms with van der Waals surface area (Å²) in [7, 11) is -3.05. The van der Waals surface area contributed by atoms with Gasteiger partial charge in [0.25, 0.3) is 0 Å². The van der Waals surface area contributed by atoms with Gasteiger partial charge in [0.1, 0.15) is 0 Å². The molecular formula is C17H21N3O3S. The Morgan fingerprint density at radius 2 is 2.00 bits per heavy atom. The van der Waals surface area contributed by atoms with Gasteiger partial charge in [0, 0.05) is 17.8 Å². The van der Waals surface area contributed by atoms with E-state index in [1.165, 1.54) is 0 Å². The number of carbonyl (C=O) groups is 1. The Hall–Kier alpha value is -2.15. The smallest absolute Gasteiger partial charge is 0.224 e. The molecule has 7 heteroatoms. The molecule has 1 aromatic carbocycles. The maximum absolute atomic E-state index is 12.2. The number of hydrogen-bond donors (Lipinski definition) is 1. The fourth-order valence-electron chi connectivity index (χ4n) is 3.07. The second kappa shape index (κ2) is 6.39. The van der Waals surface area contributed by atoms with Gasteiger partial charge in [0.05, 0.1) is 28.8 Å². The van der Waals surface area contributed by atoms with Gasteiger partial charge >= 0.3 is 0 Å². The van der Waals surface area contributed by atoms with Crippen molar-refractivity contribution in [2.24, 2.45) is 5.92 Å². The van der Waals surface area contributed by atoms with Crippen molar-refractivity contribution in [2.75, 3.05) is 11.5 Å². The molecule has 0 radical (unpaired) electrons. The van der Waals surface area contributed by atoms with E-state index in [0.29, 0.717) is 13.0 Å². The molecule has 1 aliphatic rings. The standard InChI is InChI=1S/C17H21N3O3S/c1-12-16(10-18-17(21)14-8-9-24(22,23)11-14)13(2)20(19-12)15-6-4-3-5-7-15/h3-7,14H,8-11H2,1-2H3,(H,18,21)/t14-/m0/s1. The third-order valence-electron chi connectivity index (χ3n) is 4.48. The number of amides is 1. The van der Waals surface area contributed by atoms with Gasteiger partial charge in [0.15, 0.2) is 9.84 Å². The lowest BCUT2D eigenvalue weighted by molar-refractivity contribution is -0.124. The molecule has 1 aliphatic heterocycles. The number of para-hydroxylation sites is 1. The molecule has 1 amide bonds. The summed E-state index contributed by atoms with van der Waals surface area (Å²) in [6.07, 6.45) is 0.412. The highest BCUT2D eigenvalue weighted by molar-refractivity contribution is 7.91. The van der Waals surface area contributed by atoms with Crippen LogP contribution < -0.4 is 5.32 Å². The largest absolute Gasteiger partial charge is 0.352 e. The first-order valence-corrected chi connectivity index (χ1v) is 9.78. The summed E-state index contributed by atoms with van der Waals surface area (Å²) < 4.78 is 24.8. The Labute approximate surface area is 141 Å². The van der Waals surface area contributed by atoms with Crippen LogP contribution in [0.2, 0.25) is 0 Å². The molecule has 6 nitrogen and oxygen atoms in total. The first-order valence-electron chi connectivity index (χ1n) is 7.96. The molecule has 1 atom stereocenters. The average molecular weight is 347 g/mol. The van der Waals surface area contributed by atoms with Crippen molar-refractivity contribution < 1.29 is 13.2 Å². The topological polar surface area (TPSA) is 81.1 Å². The lowest BCUT2D eigenvalue weighted by Gasteiger charge is -2.10. The van der Waals surface area contributed by atoms with Gasteiger partial charge in [-0.2, -0.15) is 5.10 Å². The van der Waals surface area contributed by atoms with E-state index in [2.05, 4.69) is 10.4 Å². The number of rotatable bonds is 4. The Balaban J connectivity index is 1.72. The van der Waals surface area contributed by atoms with Gasteiger partial charge < -0.3 is 5.32 Å². The van der Waals surface area contributed by atoms with Crippen LogP contribution in [0.4, 0.5) is 0 Å². The number of benzene rings is 1. The van der Waals surface area contributed by atoms with Crippen LogP contribution in [0, 0.1) is 19.8 Å². The van der Waals surface area contributed by atoms with Crippen LogP contribution in [0.5, 0.6) is 0 Å². The highest BCUT2D eigenvalue weighted by atomic mass is 32.2. The summed E-state index contributed by atoms with van der Waals surface area (Å²) in [6.45, 7) is 4.24. The Morgan fingerprint density at radius 1 is 1.29 bits per heavy atom. The highest BCUT2D eigenvalue weighted by Crippen LogP contribution is 2.20. The van der Waals surface area contributed by atoms with Crippen LogP contribution >= 0.6 is 0 Å². The number of hydrogen-bond acceptors (Lipinski definition) is 4. The zero-order valence-electron chi connectivity index (χ0n) is 13.8. The predicted octanol–water partition coefficient (Wildman–Crippen LogP) is 1.54. The van der Waals surface area contributed by atoms with Crippen LogP contribution in [-0.2, 0) is 21.2 Å². The summed E-state index contributed by atoms with van der Waals surface area (Å²) in [5.41, 5.74) is 3.76. The Bertz CT molecular complexity index is 857. The zero-order valence-corrected chi connectivity index (χ0v) is 14.6. The monoisotopic (exact) mass is 347 g/mol. The molecule has 2 aromatic rings. The van der Waals surface area contributed by atoms with Gasteiger partial charge in [-0.15, -0.1) is 0 Å². The molecule has 128 valence electrons. The van der Waals surface area contributed by atoms with Crippen molar-refractivity contribution in [3.8, 4) is 5.69 Å². The fraction of sp³-hybridized carbons (Fsp3) is 0.412. The van der Waals surface area contributed by atoms with E-state index in [1.54, 1.807) is 0 Å². The van der Waals surface area contributed by atoms with Crippen LogP contribution in [0.15, 0.2) is 30.3 Å². The number of carbonyl (C=O) groups excluding carboxylic acids is 1. The average Bonchev–Trinajstić information content (AvgIpc) is 3.06. The first kappa shape index (κ1) is 16.7. The zero-order chi connectivity index (χ0) is 17.3. The van der Waals surface area contributed by atoms with Crippen LogP contribution in [0.3, 0.4) is 0 Å². The van der Waals surface area contributed by atoms with Gasteiger partial charge in [-0.1, -0.05) is 18.2 Å². The Kier molecular flexibility index (Phi) is 4.45. The number of sulfone groups is 1. The summed E-state index contributed by atoms with van der Waals surface area (Å²) in [6, 6.07) is 9.81. The summed E-state index contributed by atoms with van der Waals surface area (Å²) in [5, 5.41) is 7.42. The normalized spacial score (nSPS) is 19.3. The lowest BCUT2D eigenvalue weighted by Crippen LogP contribution is -2.31. The highest BCUT2D eigenvalue weighted by Gasteiger charge is 2.32. The third-order valence-corrected chi connectivity index (χ3v) is 6.25. The molecule has 0 spiro atoms. The van der Waals surface area contributed by atoms with Crippen LogP contribution in [0.25, 0.3) is 5.69 Å². The van der Waals surface area contributed by atoms with Gasteiger partial charge in [-0.3, -0.25) is 4.79 Å². The van der Waals surface area contributed by atoms with E-state index in [-0.39, 0.29) is 17.4 Å². The van der Waals surface area contributed by atoms with E-state index in [4.69, 9.17) is 0 Å². The number of aromatic nitrogens is 2. The molecule has 0 unspecified atom stereocenters. The molecule has 2 heterocycles. The van der Waals surface area contributed by atoms with Crippen molar-refractivity contribution in [3.05, 3.63) is 47.3 Å². The third kappa shape index (κ3) is 3.36. The van der Waals surface area contributed by atoms with Crippen molar-refractivity contribution in [2.45, 2.75) is 26.8 Å². The number of nitrogens with one attached hydrogen (secondary N) is 1. The van der Waals surface area contributed by atoms with E-state index >= 15 is 0 Å². The van der Waals surface area contributed by atoms with Gasteiger partial charge in [0.2, 0.25) is 5.91 Å². The van der Waals surface area contributed by atoms with Crippen molar-refractivity contribution in [1.29, 1.82) is 0 Å². The van der Waals surface area contributed by atoms with Crippen LogP contribution in [0.1, 0.15) is 23.4 Å². The fourth-order valence-corrected chi connectivity index (χ4v) is 4.81. The van der Waals surface area contributed by atoms with Gasteiger partial charge in [-0.25, -0.2) is 13.1 Å². The predicted molar refractivity (Wildman–Crippen MR) is 91.6 cm³/mol. The van der Waals surface area contributed by atoms with Gasteiger partial charge in [-0.05, 0) is 32.4 Å². The minimum Gasteiger partial charge on any atom is -0.352 e. The molecule has 0 bridgehead atoms. The minimum atomic E-state index is -3.05. The molecule has 1 fully saturated rings. The molecule has 3 rings (SSSR count). The molecule has 1 saturated heterocycles. The Morgan fingerprint density at radius 3 is 2.62 bits per heavy atom. The van der Waals surface area contributed by atoms with E-state index in [1.807, 2.05) is 48.9 Å². The van der Waals surface area contributed by atoms with E-state index < -0.39 is 15.8 Å². The SMILES string of the molecule is Cc1nn(-c2ccccc2)c(C)c1CNC(=O)[C@H]1CCS(=O)(=O)C1. The summed E-state index contributed by atoms with van der Waals surface area (Å²) in [5.74, 6) is -0.558. The number of aryl methyl sites for hydroxylation is 1.